The summed E-state index contributed by atoms with van der Waals surface area (Å²) in [7, 11) is -2.46. The van der Waals surface area contributed by atoms with Gasteiger partial charge in [0.05, 0.1) is 23.4 Å². The third-order valence-electron chi connectivity index (χ3n) is 5.86. The van der Waals surface area contributed by atoms with Gasteiger partial charge in [0.25, 0.3) is 0 Å². The maximum Gasteiger partial charge on any atom is 0.157 e. The van der Waals surface area contributed by atoms with E-state index in [9.17, 15) is 9.47 Å². The van der Waals surface area contributed by atoms with Crippen LogP contribution < -0.4 is 10.2 Å². The van der Waals surface area contributed by atoms with Gasteiger partial charge < -0.3 is 10.2 Å². The van der Waals surface area contributed by atoms with Crippen molar-refractivity contribution in [2.24, 2.45) is 0 Å². The van der Waals surface area contributed by atoms with E-state index >= 15 is 0 Å². The Morgan fingerprint density at radius 3 is 2.68 bits per heavy atom. The Bertz CT molecular complexity index is 1280. The number of anilines is 2. The minimum atomic E-state index is -2.46. The van der Waals surface area contributed by atoms with Gasteiger partial charge in [-0.25, -0.2) is 9.19 Å². The SMILES string of the molecule is Cc1c(C#N)cccc1[C@@H](C)Nc1nnc(C)c2cnc(N3CCS(=N)(=O)CC3)cc12. The van der Waals surface area contributed by atoms with Gasteiger partial charge in [-0.1, -0.05) is 12.1 Å². The van der Waals surface area contributed by atoms with Gasteiger partial charge in [-0.05, 0) is 44.0 Å². The van der Waals surface area contributed by atoms with E-state index in [-0.39, 0.29) is 6.04 Å². The maximum atomic E-state index is 12.0. The highest BCUT2D eigenvalue weighted by molar-refractivity contribution is 7.92. The zero-order valence-corrected chi connectivity index (χ0v) is 18.7. The Hall–Kier alpha value is -3.25. The molecule has 1 aliphatic heterocycles. The standard InChI is InChI=1S/C22H25N7OS/c1-14-17(12-23)5-4-6-18(14)15(2)26-22-19-11-21(25-13-20(19)16(3)27-28-22)29-7-9-31(24,30)10-8-29/h4-6,11,13,15,24H,7-10H2,1-3H3,(H,26,28)/t15-/m1/s1. The fourth-order valence-corrected chi connectivity index (χ4v) is 5.16. The summed E-state index contributed by atoms with van der Waals surface area (Å²) in [6, 6.07) is 9.87. The highest BCUT2D eigenvalue weighted by Gasteiger charge is 2.21. The van der Waals surface area contributed by atoms with Crippen LogP contribution in [0.5, 0.6) is 0 Å². The van der Waals surface area contributed by atoms with Crippen molar-refractivity contribution in [2.45, 2.75) is 26.8 Å². The Balaban J connectivity index is 1.69. The summed E-state index contributed by atoms with van der Waals surface area (Å²) in [5.41, 5.74) is 3.44. The topological polar surface area (TPSA) is 119 Å². The van der Waals surface area contributed by atoms with Crippen LogP contribution in [0, 0.1) is 30.0 Å². The molecule has 160 valence electrons. The van der Waals surface area contributed by atoms with Crippen molar-refractivity contribution in [3.8, 4) is 6.07 Å². The Kier molecular flexibility index (Phi) is 5.50. The molecule has 3 heterocycles. The van der Waals surface area contributed by atoms with Crippen LogP contribution in [-0.4, -0.2) is 44.0 Å². The molecule has 31 heavy (non-hydrogen) atoms. The van der Waals surface area contributed by atoms with Gasteiger partial charge in [0, 0.05) is 51.3 Å². The number of aryl methyl sites for hydroxylation is 1. The molecular formula is C22H25N7OS. The normalized spacial score (nSPS) is 16.6. The first-order chi connectivity index (χ1) is 14.8. The molecule has 9 heteroatoms. The van der Waals surface area contributed by atoms with Gasteiger partial charge in [0.15, 0.2) is 5.82 Å². The fourth-order valence-electron chi connectivity index (χ4n) is 3.93. The summed E-state index contributed by atoms with van der Waals surface area (Å²) in [5.74, 6) is 2.15. The molecule has 0 radical (unpaired) electrons. The van der Waals surface area contributed by atoms with E-state index in [0.29, 0.717) is 36.0 Å². The van der Waals surface area contributed by atoms with Crippen LogP contribution in [0.1, 0.15) is 35.3 Å². The number of nitriles is 1. The first-order valence-electron chi connectivity index (χ1n) is 10.2. The molecule has 1 saturated heterocycles. The average molecular weight is 436 g/mol. The number of hydrogen-bond donors (Lipinski definition) is 2. The molecule has 0 unspecified atom stereocenters. The number of fused-ring (bicyclic) bond motifs is 1. The van der Waals surface area contributed by atoms with E-state index in [4.69, 9.17) is 4.78 Å². The smallest absolute Gasteiger partial charge is 0.157 e. The molecular weight excluding hydrogens is 410 g/mol. The van der Waals surface area contributed by atoms with Gasteiger partial charge in [-0.3, -0.25) is 4.78 Å². The van der Waals surface area contributed by atoms with Gasteiger partial charge in [-0.15, -0.1) is 5.10 Å². The van der Waals surface area contributed by atoms with Crippen molar-refractivity contribution >= 4 is 32.1 Å². The zero-order chi connectivity index (χ0) is 22.2. The lowest BCUT2D eigenvalue weighted by Gasteiger charge is -2.29. The van der Waals surface area contributed by atoms with Gasteiger partial charge in [-0.2, -0.15) is 10.4 Å². The van der Waals surface area contributed by atoms with Crippen LogP contribution in [0.2, 0.25) is 0 Å². The molecule has 2 N–H and O–H groups in total. The van der Waals surface area contributed by atoms with E-state index in [1.807, 2.05) is 45.0 Å². The summed E-state index contributed by atoms with van der Waals surface area (Å²) < 4.78 is 19.8. The number of nitrogens with zero attached hydrogens (tertiary/aromatic N) is 5. The second-order valence-electron chi connectivity index (χ2n) is 7.93. The minimum Gasteiger partial charge on any atom is -0.362 e. The highest BCUT2D eigenvalue weighted by atomic mass is 32.2. The Morgan fingerprint density at radius 2 is 1.97 bits per heavy atom. The molecule has 0 saturated carbocycles. The summed E-state index contributed by atoms with van der Waals surface area (Å²) >= 11 is 0. The second kappa shape index (κ2) is 8.12. The predicted octanol–water partition coefficient (Wildman–Crippen LogP) is 3.55. The minimum absolute atomic E-state index is 0.0758. The van der Waals surface area contributed by atoms with E-state index in [2.05, 4.69) is 31.5 Å². The molecule has 8 nitrogen and oxygen atoms in total. The Morgan fingerprint density at radius 1 is 1.23 bits per heavy atom. The molecule has 1 aliphatic rings. The number of rotatable bonds is 4. The van der Waals surface area contributed by atoms with Crippen LogP contribution in [0.3, 0.4) is 0 Å². The average Bonchev–Trinajstić information content (AvgIpc) is 2.75. The lowest BCUT2D eigenvalue weighted by Crippen LogP contribution is -2.40. The van der Waals surface area contributed by atoms with Crippen LogP contribution >= 0.6 is 0 Å². The van der Waals surface area contributed by atoms with Crippen LogP contribution in [0.15, 0.2) is 30.5 Å². The van der Waals surface area contributed by atoms with Gasteiger partial charge >= 0.3 is 0 Å². The van der Waals surface area contributed by atoms with E-state index in [0.717, 1.165) is 33.4 Å². The molecule has 3 aromatic rings. The van der Waals surface area contributed by atoms with Crippen molar-refractivity contribution < 1.29 is 4.21 Å². The fraction of sp³-hybridized carbons (Fsp3) is 0.364. The molecule has 2 aromatic heterocycles. The lowest BCUT2D eigenvalue weighted by molar-refractivity contribution is 0.663. The second-order valence-corrected chi connectivity index (χ2v) is 10.4. The third kappa shape index (κ3) is 4.16. The lowest BCUT2D eigenvalue weighted by atomic mass is 9.98. The monoisotopic (exact) mass is 435 g/mol. The van der Waals surface area contributed by atoms with Crippen molar-refractivity contribution in [3.05, 3.63) is 52.8 Å². The first kappa shape index (κ1) is 21.0. The maximum absolute atomic E-state index is 12.0. The van der Waals surface area contributed by atoms with Gasteiger partial charge in [0.2, 0.25) is 0 Å². The largest absolute Gasteiger partial charge is 0.362 e. The molecule has 1 atom stereocenters. The predicted molar refractivity (Wildman–Crippen MR) is 123 cm³/mol. The number of nitrogens with one attached hydrogen (secondary N) is 2. The van der Waals surface area contributed by atoms with Crippen LogP contribution in [0.4, 0.5) is 11.6 Å². The quantitative estimate of drug-likeness (QED) is 0.643. The summed E-state index contributed by atoms with van der Waals surface area (Å²) in [6.45, 7) is 7.00. The van der Waals surface area contributed by atoms with Crippen molar-refractivity contribution in [1.29, 1.82) is 10.0 Å². The number of aromatic nitrogens is 3. The van der Waals surface area contributed by atoms with Crippen molar-refractivity contribution in [3.63, 3.8) is 0 Å². The molecule has 1 fully saturated rings. The van der Waals surface area contributed by atoms with Crippen molar-refractivity contribution in [1.82, 2.24) is 15.2 Å². The first-order valence-corrected chi connectivity index (χ1v) is 12.1. The molecule has 0 spiro atoms. The Labute approximate surface area is 182 Å². The molecule has 0 bridgehead atoms. The van der Waals surface area contributed by atoms with Crippen LogP contribution in [-0.2, 0) is 9.73 Å². The zero-order valence-electron chi connectivity index (χ0n) is 17.8. The van der Waals surface area contributed by atoms with Gasteiger partial charge in [0.1, 0.15) is 5.82 Å². The number of hydrogen-bond acceptors (Lipinski definition) is 8. The summed E-state index contributed by atoms with van der Waals surface area (Å²) in [5, 5.41) is 23.3. The molecule has 0 aliphatic carbocycles. The summed E-state index contributed by atoms with van der Waals surface area (Å²) in [4.78, 5) is 6.66. The molecule has 1 aromatic carbocycles. The van der Waals surface area contributed by atoms with Crippen molar-refractivity contribution in [2.75, 3.05) is 34.8 Å². The number of benzene rings is 1. The number of pyridine rings is 1. The van der Waals surface area contributed by atoms with E-state index < -0.39 is 9.73 Å². The van der Waals surface area contributed by atoms with Crippen LogP contribution in [0.25, 0.3) is 10.8 Å². The molecule has 0 amide bonds. The van der Waals surface area contributed by atoms with E-state index in [1.165, 1.54) is 0 Å². The highest BCUT2D eigenvalue weighted by Crippen LogP contribution is 2.30. The van der Waals surface area contributed by atoms with E-state index in [1.54, 1.807) is 6.20 Å². The summed E-state index contributed by atoms with van der Waals surface area (Å²) in [6.07, 6.45) is 1.80. The molecule has 4 rings (SSSR count). The third-order valence-corrected chi connectivity index (χ3v) is 7.54.